The number of aliphatic hydroxyl groups excluding tert-OH is 1. The topological polar surface area (TPSA) is 95.3 Å². The Hall–Kier alpha value is -1.69. The van der Waals surface area contributed by atoms with E-state index in [1.165, 1.54) is 6.20 Å². The molecule has 0 aliphatic heterocycles. The second-order valence-corrected chi connectivity index (χ2v) is 5.63. The third kappa shape index (κ3) is 4.17. The van der Waals surface area contributed by atoms with E-state index >= 15 is 0 Å². The van der Waals surface area contributed by atoms with Crippen molar-refractivity contribution in [3.05, 3.63) is 17.7 Å². The van der Waals surface area contributed by atoms with Crippen LogP contribution in [0.1, 0.15) is 49.9 Å². The maximum atomic E-state index is 11.2. The summed E-state index contributed by atoms with van der Waals surface area (Å²) in [4.78, 5) is 19.4. The van der Waals surface area contributed by atoms with Crippen molar-refractivity contribution in [2.45, 2.75) is 33.6 Å². The number of hydrogen-bond acceptors (Lipinski definition) is 5. The van der Waals surface area contributed by atoms with Crippen molar-refractivity contribution in [1.29, 1.82) is 0 Å². The predicted molar refractivity (Wildman–Crippen MR) is 72.4 cm³/mol. The number of aromatic carboxylic acids is 1. The number of nitrogens with one attached hydrogen (secondary N) is 1. The molecule has 106 valence electrons. The summed E-state index contributed by atoms with van der Waals surface area (Å²) in [6.45, 7) is 8.01. The number of anilines is 1. The lowest BCUT2D eigenvalue weighted by Gasteiger charge is -2.23. The molecule has 1 heterocycles. The lowest BCUT2D eigenvalue weighted by atomic mass is 9.95. The molecule has 0 radical (unpaired) electrons. The van der Waals surface area contributed by atoms with Crippen LogP contribution in [0, 0.1) is 5.41 Å². The van der Waals surface area contributed by atoms with Gasteiger partial charge >= 0.3 is 5.97 Å². The molecule has 6 heteroatoms. The van der Waals surface area contributed by atoms with Gasteiger partial charge in [0.1, 0.15) is 5.82 Å². The number of carboxylic acids is 1. The molecule has 0 bridgehead atoms. The molecule has 0 spiro atoms. The van der Waals surface area contributed by atoms with Gasteiger partial charge in [-0.1, -0.05) is 27.7 Å². The first-order chi connectivity index (χ1) is 8.76. The van der Waals surface area contributed by atoms with E-state index in [4.69, 9.17) is 0 Å². The van der Waals surface area contributed by atoms with Gasteiger partial charge in [0.25, 0.3) is 0 Å². The van der Waals surface area contributed by atoms with Gasteiger partial charge in [-0.25, -0.2) is 14.8 Å². The summed E-state index contributed by atoms with van der Waals surface area (Å²) in [5.41, 5.74) is -0.00202. The predicted octanol–water partition coefficient (Wildman–Crippen LogP) is 1.73. The average molecular weight is 267 g/mol. The molecule has 19 heavy (non-hydrogen) atoms. The molecule has 0 saturated heterocycles. The van der Waals surface area contributed by atoms with Gasteiger partial charge < -0.3 is 15.5 Å². The Morgan fingerprint density at radius 1 is 1.47 bits per heavy atom. The van der Waals surface area contributed by atoms with Crippen molar-refractivity contribution >= 4 is 11.7 Å². The maximum absolute atomic E-state index is 11.2. The van der Waals surface area contributed by atoms with E-state index in [1.54, 1.807) is 0 Å². The smallest absolute Gasteiger partial charge is 0.356 e. The molecule has 0 amide bonds. The zero-order valence-electron chi connectivity index (χ0n) is 11.8. The molecule has 1 aromatic rings. The first-order valence-corrected chi connectivity index (χ1v) is 6.22. The highest BCUT2D eigenvalue weighted by Gasteiger charge is 2.20. The molecule has 0 aliphatic rings. The van der Waals surface area contributed by atoms with E-state index in [1.807, 2.05) is 27.7 Å². The normalized spacial score (nSPS) is 11.7. The SMILES string of the molecule is CC(C)c1ncc(NCC(C)(C)CO)c(C(=O)O)n1. The number of carbonyl (C=O) groups is 1. The van der Waals surface area contributed by atoms with Crippen molar-refractivity contribution < 1.29 is 15.0 Å². The highest BCUT2D eigenvalue weighted by Crippen LogP contribution is 2.19. The van der Waals surface area contributed by atoms with Gasteiger partial charge in [-0.15, -0.1) is 0 Å². The number of aliphatic hydroxyl groups is 1. The molecular weight excluding hydrogens is 246 g/mol. The van der Waals surface area contributed by atoms with E-state index in [9.17, 15) is 15.0 Å². The van der Waals surface area contributed by atoms with Gasteiger partial charge in [0.05, 0.1) is 11.9 Å². The Morgan fingerprint density at radius 2 is 2.11 bits per heavy atom. The highest BCUT2D eigenvalue weighted by molar-refractivity contribution is 5.91. The van der Waals surface area contributed by atoms with Crippen LogP contribution in [-0.4, -0.2) is 39.3 Å². The van der Waals surface area contributed by atoms with Crippen LogP contribution in [-0.2, 0) is 0 Å². The highest BCUT2D eigenvalue weighted by atomic mass is 16.4. The van der Waals surface area contributed by atoms with Gasteiger partial charge in [0, 0.05) is 24.5 Å². The number of hydrogen-bond donors (Lipinski definition) is 3. The van der Waals surface area contributed by atoms with Crippen LogP contribution < -0.4 is 5.32 Å². The van der Waals surface area contributed by atoms with Gasteiger partial charge in [0.15, 0.2) is 5.69 Å². The fourth-order valence-electron chi connectivity index (χ4n) is 1.36. The molecule has 0 aromatic carbocycles. The number of rotatable bonds is 6. The van der Waals surface area contributed by atoms with Gasteiger partial charge in [-0.05, 0) is 0 Å². The average Bonchev–Trinajstić information content (AvgIpc) is 2.36. The largest absolute Gasteiger partial charge is 0.476 e. The maximum Gasteiger partial charge on any atom is 0.356 e. The van der Waals surface area contributed by atoms with Crippen LogP contribution in [0.3, 0.4) is 0 Å². The summed E-state index contributed by atoms with van der Waals surface area (Å²) in [7, 11) is 0. The van der Waals surface area contributed by atoms with Crippen molar-refractivity contribution in [3.8, 4) is 0 Å². The molecule has 0 aliphatic carbocycles. The molecule has 1 rings (SSSR count). The van der Waals surface area contributed by atoms with Gasteiger partial charge in [-0.3, -0.25) is 0 Å². The minimum Gasteiger partial charge on any atom is -0.476 e. The van der Waals surface area contributed by atoms with E-state index in [0.29, 0.717) is 18.1 Å². The van der Waals surface area contributed by atoms with E-state index in [2.05, 4.69) is 15.3 Å². The second kappa shape index (κ2) is 5.97. The minimum absolute atomic E-state index is 0.00728. The Balaban J connectivity index is 2.98. The van der Waals surface area contributed by atoms with Crippen molar-refractivity contribution in [2.24, 2.45) is 5.41 Å². The quantitative estimate of drug-likeness (QED) is 0.726. The molecular formula is C13H21N3O3. The Labute approximate surface area is 112 Å². The second-order valence-electron chi connectivity index (χ2n) is 5.63. The summed E-state index contributed by atoms with van der Waals surface area (Å²) in [5, 5.41) is 21.3. The first kappa shape index (κ1) is 15.4. The number of nitrogens with zero attached hydrogens (tertiary/aromatic N) is 2. The van der Waals surface area contributed by atoms with Gasteiger partial charge in [0.2, 0.25) is 0 Å². The van der Waals surface area contributed by atoms with E-state index in [-0.39, 0.29) is 23.6 Å². The van der Waals surface area contributed by atoms with Crippen LogP contribution in [0.4, 0.5) is 5.69 Å². The minimum atomic E-state index is -1.09. The third-order valence-electron chi connectivity index (χ3n) is 2.71. The molecule has 1 aromatic heterocycles. The molecule has 0 unspecified atom stereocenters. The Kier molecular flexibility index (Phi) is 4.83. The van der Waals surface area contributed by atoms with Crippen LogP contribution >= 0.6 is 0 Å². The number of carboxylic acid groups (broad SMARTS) is 1. The van der Waals surface area contributed by atoms with Crippen LogP contribution in [0.25, 0.3) is 0 Å². The Morgan fingerprint density at radius 3 is 2.58 bits per heavy atom. The fraction of sp³-hybridized carbons (Fsp3) is 0.615. The standard InChI is InChI=1S/C13H21N3O3/c1-8(2)11-14-5-9(10(16-11)12(18)19)15-6-13(3,4)7-17/h5,8,15,17H,6-7H2,1-4H3,(H,18,19). The molecule has 0 fully saturated rings. The monoisotopic (exact) mass is 267 g/mol. The van der Waals surface area contributed by atoms with Crippen molar-refractivity contribution in [2.75, 3.05) is 18.5 Å². The van der Waals surface area contributed by atoms with Crippen LogP contribution in [0.5, 0.6) is 0 Å². The zero-order chi connectivity index (χ0) is 14.6. The summed E-state index contributed by atoms with van der Waals surface area (Å²) < 4.78 is 0. The number of aromatic nitrogens is 2. The zero-order valence-corrected chi connectivity index (χ0v) is 11.8. The van der Waals surface area contributed by atoms with Crippen LogP contribution in [0.2, 0.25) is 0 Å². The molecule has 0 atom stereocenters. The van der Waals surface area contributed by atoms with E-state index in [0.717, 1.165) is 0 Å². The van der Waals surface area contributed by atoms with Crippen molar-refractivity contribution in [3.63, 3.8) is 0 Å². The summed E-state index contributed by atoms with van der Waals surface area (Å²) in [5.74, 6) is -0.515. The molecule has 6 nitrogen and oxygen atoms in total. The van der Waals surface area contributed by atoms with Crippen molar-refractivity contribution in [1.82, 2.24) is 9.97 Å². The van der Waals surface area contributed by atoms with Crippen LogP contribution in [0.15, 0.2) is 6.20 Å². The molecule has 0 saturated carbocycles. The summed E-state index contributed by atoms with van der Waals surface area (Å²) in [6.07, 6.45) is 1.49. The summed E-state index contributed by atoms with van der Waals surface area (Å²) in [6, 6.07) is 0. The summed E-state index contributed by atoms with van der Waals surface area (Å²) >= 11 is 0. The third-order valence-corrected chi connectivity index (χ3v) is 2.71. The Bertz CT molecular complexity index is 458. The first-order valence-electron chi connectivity index (χ1n) is 6.22. The lowest BCUT2D eigenvalue weighted by Crippen LogP contribution is -2.27. The lowest BCUT2D eigenvalue weighted by molar-refractivity contribution is 0.0691. The van der Waals surface area contributed by atoms with Gasteiger partial charge in [-0.2, -0.15) is 0 Å². The fourth-order valence-corrected chi connectivity index (χ4v) is 1.36. The molecule has 3 N–H and O–H groups in total. The van der Waals surface area contributed by atoms with E-state index < -0.39 is 5.97 Å².